The number of carbonyl (C=O) groups is 1. The molecule has 0 aromatic heterocycles. The van der Waals surface area contributed by atoms with Gasteiger partial charge in [0.2, 0.25) is 0 Å². The first-order valence-electron chi connectivity index (χ1n) is 5.78. The lowest BCUT2D eigenvalue weighted by molar-refractivity contribution is -0.0300. The molecule has 4 heteroatoms. The summed E-state index contributed by atoms with van der Waals surface area (Å²) in [5.74, 6) is 0.562. The van der Waals surface area contributed by atoms with E-state index < -0.39 is 5.60 Å². The highest BCUT2D eigenvalue weighted by Crippen LogP contribution is 2.30. The quantitative estimate of drug-likeness (QED) is 0.828. The summed E-state index contributed by atoms with van der Waals surface area (Å²) in [5.41, 5.74) is -0.101. The van der Waals surface area contributed by atoms with Crippen LogP contribution in [-0.2, 0) is 0 Å². The lowest BCUT2D eigenvalue weighted by Crippen LogP contribution is -2.47. The van der Waals surface area contributed by atoms with Gasteiger partial charge in [0.15, 0.2) is 0 Å². The Labute approximate surface area is 101 Å². The lowest BCUT2D eigenvalue weighted by Gasteiger charge is -2.36. The molecule has 0 atom stereocenters. The molecule has 0 aliphatic heterocycles. The van der Waals surface area contributed by atoms with E-state index in [2.05, 4.69) is 5.32 Å². The van der Waals surface area contributed by atoms with Crippen LogP contribution in [0.15, 0.2) is 24.3 Å². The minimum Gasteiger partial charge on any atom is -0.497 e. The van der Waals surface area contributed by atoms with Gasteiger partial charge in [0, 0.05) is 12.1 Å². The summed E-state index contributed by atoms with van der Waals surface area (Å²) < 4.78 is 5.02. The molecule has 0 bridgehead atoms. The second-order valence-electron chi connectivity index (χ2n) is 4.49. The van der Waals surface area contributed by atoms with Gasteiger partial charge >= 0.3 is 0 Å². The molecule has 0 unspecified atom stereocenters. The van der Waals surface area contributed by atoms with Crippen LogP contribution in [-0.4, -0.2) is 30.3 Å². The highest BCUT2D eigenvalue weighted by atomic mass is 16.5. The van der Waals surface area contributed by atoms with Crippen molar-refractivity contribution in [3.63, 3.8) is 0 Å². The number of benzene rings is 1. The fourth-order valence-corrected chi connectivity index (χ4v) is 1.85. The Morgan fingerprint density at radius 3 is 2.53 bits per heavy atom. The summed E-state index contributed by atoms with van der Waals surface area (Å²) in [5, 5.41) is 12.6. The van der Waals surface area contributed by atoms with Crippen molar-refractivity contribution in [3.8, 4) is 5.75 Å². The van der Waals surface area contributed by atoms with Gasteiger partial charge in [-0.3, -0.25) is 4.79 Å². The van der Waals surface area contributed by atoms with E-state index in [-0.39, 0.29) is 5.91 Å². The summed E-state index contributed by atoms with van der Waals surface area (Å²) in [6, 6.07) is 6.90. The van der Waals surface area contributed by atoms with Gasteiger partial charge in [0.25, 0.3) is 5.91 Å². The number of aliphatic hydroxyl groups is 1. The molecule has 1 fully saturated rings. The van der Waals surface area contributed by atoms with Crippen LogP contribution >= 0.6 is 0 Å². The Kier molecular flexibility index (Phi) is 3.33. The molecule has 1 saturated carbocycles. The number of amides is 1. The molecule has 1 aromatic rings. The fourth-order valence-electron chi connectivity index (χ4n) is 1.85. The Morgan fingerprint density at radius 2 is 2.06 bits per heavy atom. The van der Waals surface area contributed by atoms with Gasteiger partial charge in [-0.15, -0.1) is 0 Å². The van der Waals surface area contributed by atoms with Crippen molar-refractivity contribution in [1.29, 1.82) is 0 Å². The summed E-state index contributed by atoms with van der Waals surface area (Å²) in [7, 11) is 1.58. The van der Waals surface area contributed by atoms with E-state index >= 15 is 0 Å². The fraction of sp³-hybridized carbons (Fsp3) is 0.462. The first-order valence-corrected chi connectivity index (χ1v) is 5.78. The topological polar surface area (TPSA) is 58.6 Å². The molecule has 17 heavy (non-hydrogen) atoms. The standard InChI is InChI=1S/C13H17NO3/c1-17-11-5-3-10(4-6-11)12(15)14-9-13(16)7-2-8-13/h3-6,16H,2,7-9H2,1H3,(H,14,15). The zero-order chi connectivity index (χ0) is 12.3. The number of methoxy groups -OCH3 is 1. The Bertz CT molecular complexity index is 396. The van der Waals surface area contributed by atoms with E-state index in [1.807, 2.05) is 0 Å². The van der Waals surface area contributed by atoms with Crippen molar-refractivity contribution in [2.75, 3.05) is 13.7 Å². The van der Waals surface area contributed by atoms with Crippen molar-refractivity contribution in [2.24, 2.45) is 0 Å². The SMILES string of the molecule is COc1ccc(C(=O)NCC2(O)CCC2)cc1. The molecule has 0 saturated heterocycles. The third kappa shape index (κ3) is 2.77. The van der Waals surface area contributed by atoms with E-state index in [1.165, 1.54) is 0 Å². The minimum atomic E-state index is -0.678. The molecule has 2 N–H and O–H groups in total. The van der Waals surface area contributed by atoms with Gasteiger partial charge in [0.1, 0.15) is 5.75 Å². The van der Waals surface area contributed by atoms with Crippen LogP contribution in [0.3, 0.4) is 0 Å². The number of nitrogens with one attached hydrogen (secondary N) is 1. The van der Waals surface area contributed by atoms with Crippen LogP contribution in [0.2, 0.25) is 0 Å². The lowest BCUT2D eigenvalue weighted by atomic mass is 9.80. The first kappa shape index (κ1) is 11.9. The largest absolute Gasteiger partial charge is 0.497 e. The average Bonchev–Trinajstić information content (AvgIpc) is 2.33. The molecule has 4 nitrogen and oxygen atoms in total. The smallest absolute Gasteiger partial charge is 0.251 e. The second-order valence-corrected chi connectivity index (χ2v) is 4.49. The van der Waals surface area contributed by atoms with Gasteiger partial charge in [0.05, 0.1) is 12.7 Å². The predicted molar refractivity (Wildman–Crippen MR) is 64.1 cm³/mol. The van der Waals surface area contributed by atoms with E-state index in [9.17, 15) is 9.90 Å². The minimum absolute atomic E-state index is 0.159. The van der Waals surface area contributed by atoms with Gasteiger partial charge in [-0.2, -0.15) is 0 Å². The number of hydrogen-bond donors (Lipinski definition) is 2. The molecule has 92 valence electrons. The number of carbonyl (C=O) groups excluding carboxylic acids is 1. The highest BCUT2D eigenvalue weighted by Gasteiger charge is 2.34. The van der Waals surface area contributed by atoms with Crippen LogP contribution in [0, 0.1) is 0 Å². The Balaban J connectivity index is 1.90. The van der Waals surface area contributed by atoms with Crippen LogP contribution < -0.4 is 10.1 Å². The zero-order valence-electron chi connectivity index (χ0n) is 9.90. The maximum absolute atomic E-state index is 11.8. The summed E-state index contributed by atoms with van der Waals surface area (Å²) in [6.45, 7) is 0.331. The first-order chi connectivity index (χ1) is 8.13. The van der Waals surface area contributed by atoms with Crippen LogP contribution in [0.1, 0.15) is 29.6 Å². The highest BCUT2D eigenvalue weighted by molar-refractivity contribution is 5.94. The van der Waals surface area contributed by atoms with Gasteiger partial charge < -0.3 is 15.2 Å². The molecule has 0 radical (unpaired) electrons. The third-order valence-electron chi connectivity index (χ3n) is 3.21. The van der Waals surface area contributed by atoms with Crippen LogP contribution in [0.4, 0.5) is 0 Å². The second kappa shape index (κ2) is 4.75. The number of rotatable bonds is 4. The maximum Gasteiger partial charge on any atom is 0.251 e. The molecule has 1 aliphatic carbocycles. The van der Waals surface area contributed by atoms with E-state index in [4.69, 9.17) is 4.74 Å². The van der Waals surface area contributed by atoms with Crippen molar-refractivity contribution >= 4 is 5.91 Å². The van der Waals surface area contributed by atoms with Crippen molar-refractivity contribution < 1.29 is 14.6 Å². The van der Waals surface area contributed by atoms with Crippen molar-refractivity contribution in [1.82, 2.24) is 5.32 Å². The number of ether oxygens (including phenoxy) is 1. The Hall–Kier alpha value is -1.55. The van der Waals surface area contributed by atoms with E-state index in [0.717, 1.165) is 25.0 Å². The molecular formula is C13H17NO3. The van der Waals surface area contributed by atoms with Gasteiger partial charge in [-0.25, -0.2) is 0 Å². The molecule has 0 heterocycles. The molecule has 1 aliphatic rings. The molecule has 0 spiro atoms. The van der Waals surface area contributed by atoms with Gasteiger partial charge in [-0.1, -0.05) is 0 Å². The molecular weight excluding hydrogens is 218 g/mol. The monoisotopic (exact) mass is 235 g/mol. The van der Waals surface area contributed by atoms with Crippen molar-refractivity contribution in [3.05, 3.63) is 29.8 Å². The Morgan fingerprint density at radius 1 is 1.41 bits per heavy atom. The van der Waals surface area contributed by atoms with E-state index in [1.54, 1.807) is 31.4 Å². The van der Waals surface area contributed by atoms with Gasteiger partial charge in [-0.05, 0) is 43.5 Å². The number of hydrogen-bond acceptors (Lipinski definition) is 3. The normalized spacial score (nSPS) is 17.1. The maximum atomic E-state index is 11.8. The third-order valence-corrected chi connectivity index (χ3v) is 3.21. The summed E-state index contributed by atoms with van der Waals surface area (Å²) in [6.07, 6.45) is 2.58. The van der Waals surface area contributed by atoms with E-state index in [0.29, 0.717) is 12.1 Å². The summed E-state index contributed by atoms with van der Waals surface area (Å²) >= 11 is 0. The predicted octanol–water partition coefficient (Wildman–Crippen LogP) is 1.34. The van der Waals surface area contributed by atoms with Crippen molar-refractivity contribution in [2.45, 2.75) is 24.9 Å². The molecule has 1 aromatic carbocycles. The summed E-state index contributed by atoms with van der Waals surface area (Å²) in [4.78, 5) is 11.8. The van der Waals surface area contributed by atoms with Crippen LogP contribution in [0.25, 0.3) is 0 Å². The van der Waals surface area contributed by atoms with Crippen LogP contribution in [0.5, 0.6) is 5.75 Å². The molecule has 1 amide bonds. The average molecular weight is 235 g/mol. The molecule has 2 rings (SSSR count). The zero-order valence-corrected chi connectivity index (χ0v) is 9.90.